The Balaban J connectivity index is 2.06. The Morgan fingerprint density at radius 2 is 2.00 bits per heavy atom. The largest absolute Gasteiger partial charge is 0.350 e. The average molecular weight is 249 g/mol. The lowest BCUT2D eigenvalue weighted by Crippen LogP contribution is -2.05. The summed E-state index contributed by atoms with van der Waals surface area (Å²) >= 11 is 5.91. The number of hydrogen-bond donors (Lipinski definition) is 1. The molecule has 88 valence electrons. The maximum absolute atomic E-state index is 5.91. The molecule has 0 aromatic carbocycles. The van der Waals surface area contributed by atoms with Gasteiger partial charge in [0, 0.05) is 24.6 Å². The molecule has 2 rings (SSSR count). The van der Waals surface area contributed by atoms with Crippen molar-refractivity contribution >= 4 is 17.5 Å². The van der Waals surface area contributed by atoms with Crippen molar-refractivity contribution in [3.05, 3.63) is 47.0 Å². The number of aryl methyl sites for hydroxylation is 1. The molecule has 2 heterocycles. The number of hydrogen-bond acceptors (Lipinski definition) is 4. The minimum Gasteiger partial charge on any atom is -0.350 e. The first-order chi connectivity index (χ1) is 8.28. The number of nitrogens with one attached hydrogen (secondary N) is 1. The van der Waals surface area contributed by atoms with E-state index in [-0.39, 0.29) is 0 Å². The smallest absolute Gasteiger partial charge is 0.224 e. The van der Waals surface area contributed by atoms with Gasteiger partial charge in [-0.25, -0.2) is 9.97 Å². The van der Waals surface area contributed by atoms with Crippen molar-refractivity contribution in [2.45, 2.75) is 19.9 Å². The summed E-state index contributed by atoms with van der Waals surface area (Å²) in [4.78, 5) is 12.4. The van der Waals surface area contributed by atoms with Gasteiger partial charge in [-0.2, -0.15) is 0 Å². The summed E-state index contributed by atoms with van der Waals surface area (Å²) < 4.78 is 0. The summed E-state index contributed by atoms with van der Waals surface area (Å²) in [5, 5.41) is 3.61. The van der Waals surface area contributed by atoms with Gasteiger partial charge in [-0.05, 0) is 30.2 Å². The van der Waals surface area contributed by atoms with Crippen LogP contribution >= 0.6 is 11.6 Å². The SMILES string of the molecule is CCc1cc(Cl)nc(NCc2ccncc2)n1. The summed E-state index contributed by atoms with van der Waals surface area (Å²) in [6.45, 7) is 2.69. The van der Waals surface area contributed by atoms with Crippen LogP contribution in [0, 0.1) is 0 Å². The first-order valence-electron chi connectivity index (χ1n) is 5.44. The Morgan fingerprint density at radius 1 is 1.24 bits per heavy atom. The van der Waals surface area contributed by atoms with E-state index in [9.17, 15) is 0 Å². The zero-order valence-corrected chi connectivity index (χ0v) is 10.3. The van der Waals surface area contributed by atoms with E-state index in [0.717, 1.165) is 17.7 Å². The Morgan fingerprint density at radius 3 is 2.71 bits per heavy atom. The molecular weight excluding hydrogens is 236 g/mol. The van der Waals surface area contributed by atoms with Crippen molar-refractivity contribution in [1.82, 2.24) is 15.0 Å². The van der Waals surface area contributed by atoms with Gasteiger partial charge in [-0.1, -0.05) is 18.5 Å². The summed E-state index contributed by atoms with van der Waals surface area (Å²) in [5.41, 5.74) is 2.06. The normalized spacial score (nSPS) is 10.2. The fourth-order valence-corrected chi connectivity index (χ4v) is 1.61. The highest BCUT2D eigenvalue weighted by molar-refractivity contribution is 6.29. The van der Waals surface area contributed by atoms with Crippen molar-refractivity contribution in [3.63, 3.8) is 0 Å². The number of pyridine rings is 1. The molecule has 0 unspecified atom stereocenters. The lowest BCUT2D eigenvalue weighted by Gasteiger charge is -2.06. The molecule has 0 saturated carbocycles. The molecule has 0 bridgehead atoms. The van der Waals surface area contributed by atoms with Gasteiger partial charge in [0.2, 0.25) is 5.95 Å². The van der Waals surface area contributed by atoms with Gasteiger partial charge in [0.1, 0.15) is 5.15 Å². The van der Waals surface area contributed by atoms with Crippen LogP contribution in [0.2, 0.25) is 5.15 Å². The number of rotatable bonds is 4. The van der Waals surface area contributed by atoms with Gasteiger partial charge >= 0.3 is 0 Å². The van der Waals surface area contributed by atoms with E-state index in [4.69, 9.17) is 11.6 Å². The lowest BCUT2D eigenvalue weighted by molar-refractivity contribution is 0.974. The van der Waals surface area contributed by atoms with Crippen LogP contribution in [-0.2, 0) is 13.0 Å². The number of nitrogens with zero attached hydrogens (tertiary/aromatic N) is 3. The second-order valence-corrected chi connectivity index (χ2v) is 3.96. The highest BCUT2D eigenvalue weighted by Gasteiger charge is 2.01. The van der Waals surface area contributed by atoms with E-state index in [1.54, 1.807) is 18.5 Å². The minimum absolute atomic E-state index is 0.467. The molecule has 0 aliphatic carbocycles. The number of halogens is 1. The molecule has 0 amide bonds. The third-order valence-corrected chi connectivity index (χ3v) is 2.50. The molecular formula is C12H13ClN4. The van der Waals surface area contributed by atoms with Gasteiger partial charge < -0.3 is 5.32 Å². The van der Waals surface area contributed by atoms with Crippen LogP contribution in [0.4, 0.5) is 5.95 Å². The van der Waals surface area contributed by atoms with E-state index in [2.05, 4.69) is 20.3 Å². The molecule has 0 radical (unpaired) electrons. The van der Waals surface area contributed by atoms with Crippen LogP contribution in [0.3, 0.4) is 0 Å². The van der Waals surface area contributed by atoms with Gasteiger partial charge in [0.25, 0.3) is 0 Å². The van der Waals surface area contributed by atoms with Crippen LogP contribution in [0.15, 0.2) is 30.6 Å². The second kappa shape index (κ2) is 5.59. The molecule has 0 spiro atoms. The zero-order valence-electron chi connectivity index (χ0n) is 9.52. The third-order valence-electron chi connectivity index (χ3n) is 2.31. The summed E-state index contributed by atoms with van der Waals surface area (Å²) in [6, 6.07) is 5.66. The Labute approximate surface area is 105 Å². The predicted molar refractivity (Wildman–Crippen MR) is 68.0 cm³/mol. The van der Waals surface area contributed by atoms with Gasteiger partial charge in [0.05, 0.1) is 0 Å². The van der Waals surface area contributed by atoms with Crippen LogP contribution in [0.1, 0.15) is 18.2 Å². The molecule has 0 atom stereocenters. The van der Waals surface area contributed by atoms with Crippen molar-refractivity contribution in [3.8, 4) is 0 Å². The van der Waals surface area contributed by atoms with Crippen molar-refractivity contribution < 1.29 is 0 Å². The second-order valence-electron chi connectivity index (χ2n) is 3.57. The van der Waals surface area contributed by atoms with Crippen LogP contribution < -0.4 is 5.32 Å². The molecule has 2 aromatic rings. The molecule has 5 heteroatoms. The topological polar surface area (TPSA) is 50.7 Å². The predicted octanol–water partition coefficient (Wildman–Crippen LogP) is 2.70. The van der Waals surface area contributed by atoms with Gasteiger partial charge in [-0.3, -0.25) is 4.98 Å². The molecule has 0 aliphatic rings. The molecule has 0 fully saturated rings. The third kappa shape index (κ3) is 3.39. The van der Waals surface area contributed by atoms with Crippen molar-refractivity contribution in [1.29, 1.82) is 0 Å². The highest BCUT2D eigenvalue weighted by Crippen LogP contribution is 2.11. The minimum atomic E-state index is 0.467. The van der Waals surface area contributed by atoms with E-state index in [0.29, 0.717) is 17.6 Å². The van der Waals surface area contributed by atoms with Crippen LogP contribution in [0.5, 0.6) is 0 Å². The quantitative estimate of drug-likeness (QED) is 0.846. The van der Waals surface area contributed by atoms with E-state index >= 15 is 0 Å². The Kier molecular flexibility index (Phi) is 3.88. The zero-order chi connectivity index (χ0) is 12.1. The highest BCUT2D eigenvalue weighted by atomic mass is 35.5. The standard InChI is InChI=1S/C12H13ClN4/c1-2-10-7-11(13)17-12(16-10)15-8-9-3-5-14-6-4-9/h3-7H,2,8H2,1H3,(H,15,16,17). The average Bonchev–Trinajstić information content (AvgIpc) is 2.37. The maximum Gasteiger partial charge on any atom is 0.224 e. The summed E-state index contributed by atoms with van der Waals surface area (Å²) in [5.74, 6) is 0.561. The van der Waals surface area contributed by atoms with Crippen LogP contribution in [0.25, 0.3) is 0 Å². The Hall–Kier alpha value is -1.68. The number of aromatic nitrogens is 3. The molecule has 4 nitrogen and oxygen atoms in total. The van der Waals surface area contributed by atoms with Gasteiger partial charge in [-0.15, -0.1) is 0 Å². The fourth-order valence-electron chi connectivity index (χ4n) is 1.41. The molecule has 2 aromatic heterocycles. The molecule has 17 heavy (non-hydrogen) atoms. The van der Waals surface area contributed by atoms with E-state index in [1.165, 1.54) is 0 Å². The first kappa shape index (κ1) is 11.8. The molecule has 1 N–H and O–H groups in total. The number of anilines is 1. The summed E-state index contributed by atoms with van der Waals surface area (Å²) in [7, 11) is 0. The maximum atomic E-state index is 5.91. The monoisotopic (exact) mass is 248 g/mol. The molecule has 0 aliphatic heterocycles. The lowest BCUT2D eigenvalue weighted by atomic mass is 10.3. The van der Waals surface area contributed by atoms with E-state index in [1.807, 2.05) is 19.1 Å². The summed E-state index contributed by atoms with van der Waals surface area (Å²) in [6.07, 6.45) is 4.35. The van der Waals surface area contributed by atoms with E-state index < -0.39 is 0 Å². The van der Waals surface area contributed by atoms with Crippen molar-refractivity contribution in [2.75, 3.05) is 5.32 Å². The molecule has 0 saturated heterocycles. The fraction of sp³-hybridized carbons (Fsp3) is 0.250. The Bertz CT molecular complexity index is 487. The first-order valence-corrected chi connectivity index (χ1v) is 5.82. The van der Waals surface area contributed by atoms with Gasteiger partial charge in [0.15, 0.2) is 0 Å². The van der Waals surface area contributed by atoms with Crippen LogP contribution in [-0.4, -0.2) is 15.0 Å². The van der Waals surface area contributed by atoms with Crippen molar-refractivity contribution in [2.24, 2.45) is 0 Å².